The molecule has 2 aromatic heterocycles. The van der Waals surface area contributed by atoms with Gasteiger partial charge in [-0.05, 0) is 87.9 Å². The molecule has 1 amide bonds. The summed E-state index contributed by atoms with van der Waals surface area (Å²) in [4.78, 5) is 23.0. The number of nitrogens with one attached hydrogen (secondary N) is 1. The number of ether oxygens (including phenoxy) is 2. The first-order chi connectivity index (χ1) is 16.6. The quantitative estimate of drug-likeness (QED) is 0.337. The Balaban J connectivity index is 1.79. The third-order valence-electron chi connectivity index (χ3n) is 5.93. The second-order valence-electron chi connectivity index (χ2n) is 9.95. The number of H-pyrrole nitrogens is 1. The minimum atomic E-state index is -0.631. The maximum atomic E-state index is 13.4. The number of amides is 1. The van der Waals surface area contributed by atoms with Gasteiger partial charge in [0.1, 0.15) is 11.4 Å². The molecule has 0 radical (unpaired) electrons. The summed E-state index contributed by atoms with van der Waals surface area (Å²) < 4.78 is 11.4. The summed E-state index contributed by atoms with van der Waals surface area (Å²) in [5.41, 5.74) is 6.95. The lowest BCUT2D eigenvalue weighted by Gasteiger charge is -2.28. The molecule has 2 heterocycles. The van der Waals surface area contributed by atoms with Gasteiger partial charge < -0.3 is 14.5 Å². The van der Waals surface area contributed by atoms with Crippen LogP contribution < -0.4 is 9.64 Å². The van der Waals surface area contributed by atoms with Gasteiger partial charge in [0.05, 0.1) is 19.3 Å². The molecule has 0 saturated heterocycles. The van der Waals surface area contributed by atoms with E-state index in [2.05, 4.69) is 40.3 Å². The summed E-state index contributed by atoms with van der Waals surface area (Å²) in [5.74, 6) is 0.781. The van der Waals surface area contributed by atoms with E-state index < -0.39 is 11.7 Å². The van der Waals surface area contributed by atoms with Crippen molar-refractivity contribution in [3.63, 3.8) is 0 Å². The van der Waals surface area contributed by atoms with E-state index in [9.17, 15) is 4.79 Å². The molecule has 0 aliphatic heterocycles. The van der Waals surface area contributed by atoms with Gasteiger partial charge in [-0.3, -0.25) is 9.88 Å². The van der Waals surface area contributed by atoms with Crippen molar-refractivity contribution in [1.29, 1.82) is 0 Å². The van der Waals surface area contributed by atoms with Gasteiger partial charge in [0, 0.05) is 34.7 Å². The SMILES string of the molecule is COc1c(C)cnc(CN(C(=O)OC(C)(C)C)c2cc(C)cc(-c3ccc4cc[nH]c4c3)c2)c1C. The van der Waals surface area contributed by atoms with Crippen molar-refractivity contribution in [2.24, 2.45) is 0 Å². The first kappa shape index (κ1) is 24.3. The largest absolute Gasteiger partial charge is 0.496 e. The van der Waals surface area contributed by atoms with Gasteiger partial charge in [-0.1, -0.05) is 18.2 Å². The molecule has 0 aliphatic carbocycles. The Kier molecular flexibility index (Phi) is 6.57. The normalized spacial score (nSPS) is 11.5. The number of carbonyl (C=O) groups is 1. The number of pyridine rings is 1. The highest BCUT2D eigenvalue weighted by atomic mass is 16.6. The molecule has 6 nitrogen and oxygen atoms in total. The summed E-state index contributed by atoms with van der Waals surface area (Å²) >= 11 is 0. The molecule has 1 N–H and O–H groups in total. The van der Waals surface area contributed by atoms with Crippen molar-refractivity contribution < 1.29 is 14.3 Å². The van der Waals surface area contributed by atoms with E-state index in [0.717, 1.165) is 55.9 Å². The monoisotopic (exact) mass is 471 g/mol. The van der Waals surface area contributed by atoms with Crippen LogP contribution in [0.15, 0.2) is 54.9 Å². The van der Waals surface area contributed by atoms with Crippen LogP contribution in [-0.2, 0) is 11.3 Å². The Bertz CT molecular complexity index is 1380. The fourth-order valence-corrected chi connectivity index (χ4v) is 4.27. The number of fused-ring (bicyclic) bond motifs is 1. The van der Waals surface area contributed by atoms with E-state index in [1.54, 1.807) is 18.2 Å². The molecule has 6 heteroatoms. The first-order valence-electron chi connectivity index (χ1n) is 11.7. The number of aromatic amines is 1. The first-order valence-corrected chi connectivity index (χ1v) is 11.7. The molecule has 4 rings (SSSR count). The minimum absolute atomic E-state index is 0.260. The lowest BCUT2D eigenvalue weighted by Crippen LogP contribution is -2.37. The van der Waals surface area contributed by atoms with Crippen molar-refractivity contribution in [3.05, 3.63) is 77.2 Å². The summed E-state index contributed by atoms with van der Waals surface area (Å²) in [6.07, 6.45) is 3.29. The van der Waals surface area contributed by atoms with Crippen LogP contribution in [0.1, 0.15) is 43.2 Å². The molecular formula is C29H33N3O3. The second kappa shape index (κ2) is 9.45. The van der Waals surface area contributed by atoms with Crippen LogP contribution in [-0.4, -0.2) is 28.8 Å². The Morgan fingerprint density at radius 3 is 2.51 bits per heavy atom. The Morgan fingerprint density at radius 2 is 1.80 bits per heavy atom. The molecule has 0 atom stereocenters. The zero-order chi connectivity index (χ0) is 25.3. The third kappa shape index (κ3) is 5.32. The molecular weight excluding hydrogens is 438 g/mol. The standard InChI is InChI=1S/C29H33N3O3/c1-18-12-23(22-9-8-21-10-11-30-25(21)15-22)14-24(13-18)32(28(33)35-29(4,5)6)17-26-20(3)27(34-7)19(2)16-31-26/h8-16,30H,17H2,1-7H3. The van der Waals surface area contributed by atoms with E-state index in [4.69, 9.17) is 9.47 Å². The lowest BCUT2D eigenvalue weighted by molar-refractivity contribution is 0.0577. The summed E-state index contributed by atoms with van der Waals surface area (Å²) in [7, 11) is 1.65. The molecule has 35 heavy (non-hydrogen) atoms. The van der Waals surface area contributed by atoms with Crippen molar-refractivity contribution in [2.45, 2.75) is 53.7 Å². The number of anilines is 1. The summed E-state index contributed by atoms with van der Waals surface area (Å²) in [6, 6.07) is 14.5. The number of aryl methyl sites for hydroxylation is 2. The van der Waals surface area contributed by atoms with Gasteiger partial charge in [-0.2, -0.15) is 0 Å². The maximum Gasteiger partial charge on any atom is 0.415 e. The average Bonchev–Trinajstić information content (AvgIpc) is 3.25. The highest BCUT2D eigenvalue weighted by Gasteiger charge is 2.26. The number of benzene rings is 2. The number of methoxy groups -OCH3 is 1. The van der Waals surface area contributed by atoms with Crippen LogP contribution in [0.3, 0.4) is 0 Å². The number of nitrogens with zero attached hydrogens (tertiary/aromatic N) is 2. The Labute approximate surface area is 206 Å². The number of rotatable bonds is 5. The van der Waals surface area contributed by atoms with Crippen molar-refractivity contribution in [3.8, 4) is 16.9 Å². The molecule has 4 aromatic rings. The molecule has 0 bridgehead atoms. The number of hydrogen-bond acceptors (Lipinski definition) is 4. The van der Waals surface area contributed by atoms with Crippen LogP contribution in [0.25, 0.3) is 22.0 Å². The van der Waals surface area contributed by atoms with Crippen molar-refractivity contribution in [1.82, 2.24) is 9.97 Å². The predicted molar refractivity (Wildman–Crippen MR) is 141 cm³/mol. The fourth-order valence-electron chi connectivity index (χ4n) is 4.27. The molecule has 182 valence electrons. The Morgan fingerprint density at radius 1 is 1.03 bits per heavy atom. The second-order valence-corrected chi connectivity index (χ2v) is 9.95. The van der Waals surface area contributed by atoms with Crippen molar-refractivity contribution in [2.75, 3.05) is 12.0 Å². The van der Waals surface area contributed by atoms with Gasteiger partial charge in [-0.15, -0.1) is 0 Å². The van der Waals surface area contributed by atoms with Gasteiger partial charge in [0.2, 0.25) is 0 Å². The topological polar surface area (TPSA) is 67.4 Å². The Hall–Kier alpha value is -3.80. The van der Waals surface area contributed by atoms with Gasteiger partial charge >= 0.3 is 6.09 Å². The van der Waals surface area contributed by atoms with E-state index in [1.807, 2.05) is 59.9 Å². The molecule has 2 aromatic carbocycles. The number of hydrogen-bond donors (Lipinski definition) is 1. The van der Waals surface area contributed by atoms with Gasteiger partial charge in [0.25, 0.3) is 0 Å². The average molecular weight is 472 g/mol. The minimum Gasteiger partial charge on any atom is -0.496 e. The molecule has 0 saturated carbocycles. The van der Waals surface area contributed by atoms with E-state index in [1.165, 1.54) is 0 Å². The van der Waals surface area contributed by atoms with Crippen molar-refractivity contribution >= 4 is 22.7 Å². The summed E-state index contributed by atoms with van der Waals surface area (Å²) in [6.45, 7) is 11.8. The fraction of sp³-hybridized carbons (Fsp3) is 0.310. The van der Waals surface area contributed by atoms with Gasteiger partial charge in [0.15, 0.2) is 0 Å². The van der Waals surface area contributed by atoms with Crippen LogP contribution in [0, 0.1) is 20.8 Å². The lowest BCUT2D eigenvalue weighted by atomic mass is 10.0. The molecule has 0 spiro atoms. The van der Waals surface area contributed by atoms with Gasteiger partial charge in [-0.25, -0.2) is 4.79 Å². The highest BCUT2D eigenvalue weighted by molar-refractivity contribution is 5.90. The molecule has 0 fully saturated rings. The van der Waals surface area contributed by atoms with Crippen LogP contribution >= 0.6 is 0 Å². The molecule has 0 unspecified atom stereocenters. The third-order valence-corrected chi connectivity index (χ3v) is 5.93. The zero-order valence-corrected chi connectivity index (χ0v) is 21.5. The van der Waals surface area contributed by atoms with E-state index in [-0.39, 0.29) is 6.54 Å². The van der Waals surface area contributed by atoms with E-state index >= 15 is 0 Å². The number of aromatic nitrogens is 2. The predicted octanol–water partition coefficient (Wildman–Crippen LogP) is 7.11. The summed E-state index contributed by atoms with van der Waals surface area (Å²) in [5, 5.41) is 1.16. The zero-order valence-electron chi connectivity index (χ0n) is 21.5. The maximum absolute atomic E-state index is 13.4. The van der Waals surface area contributed by atoms with Crippen LogP contribution in [0.4, 0.5) is 10.5 Å². The molecule has 0 aliphatic rings. The van der Waals surface area contributed by atoms with Crippen LogP contribution in [0.5, 0.6) is 5.75 Å². The highest BCUT2D eigenvalue weighted by Crippen LogP contribution is 2.32. The number of carbonyl (C=O) groups excluding carboxylic acids is 1. The van der Waals surface area contributed by atoms with Crippen LogP contribution in [0.2, 0.25) is 0 Å². The smallest absolute Gasteiger partial charge is 0.415 e. The van der Waals surface area contributed by atoms with E-state index in [0.29, 0.717) is 0 Å².